The average molecular weight is 286 g/mol. The maximum atomic E-state index is 12.5. The summed E-state index contributed by atoms with van der Waals surface area (Å²) in [5.74, 6) is -0.120. The third-order valence-electron chi connectivity index (χ3n) is 3.46. The quantitative estimate of drug-likeness (QED) is 0.929. The Morgan fingerprint density at radius 1 is 1.29 bits per heavy atom. The second kappa shape index (κ2) is 5.97. The summed E-state index contributed by atoms with van der Waals surface area (Å²) in [6.07, 6.45) is 3.41. The highest BCUT2D eigenvalue weighted by Gasteiger charge is 2.18. The number of carbonyl (C=O) groups is 1. The van der Waals surface area contributed by atoms with Crippen LogP contribution in [0.25, 0.3) is 0 Å². The number of rotatable bonds is 3. The Balaban J connectivity index is 1.82. The van der Waals surface area contributed by atoms with Crippen LogP contribution in [-0.2, 0) is 11.8 Å². The molecular weight excluding hydrogens is 268 g/mol. The first-order chi connectivity index (χ1) is 10.2. The summed E-state index contributed by atoms with van der Waals surface area (Å²) < 4.78 is 7.02. The summed E-state index contributed by atoms with van der Waals surface area (Å²) >= 11 is 0. The lowest BCUT2D eigenvalue weighted by Crippen LogP contribution is -2.37. The number of amides is 1. The zero-order valence-corrected chi connectivity index (χ0v) is 12.0. The molecule has 2 heterocycles. The molecule has 1 aromatic heterocycles. The van der Waals surface area contributed by atoms with E-state index in [1.165, 1.54) is 0 Å². The van der Waals surface area contributed by atoms with Gasteiger partial charge < -0.3 is 15.0 Å². The Labute approximate surface area is 123 Å². The van der Waals surface area contributed by atoms with Crippen LogP contribution in [0.1, 0.15) is 10.4 Å². The van der Waals surface area contributed by atoms with Crippen molar-refractivity contribution in [3.63, 3.8) is 0 Å². The number of ether oxygens (including phenoxy) is 1. The zero-order valence-electron chi connectivity index (χ0n) is 12.0. The van der Waals surface area contributed by atoms with E-state index in [0.717, 1.165) is 18.8 Å². The Morgan fingerprint density at radius 2 is 2.05 bits per heavy atom. The highest BCUT2D eigenvalue weighted by atomic mass is 16.5. The van der Waals surface area contributed by atoms with Gasteiger partial charge in [0.05, 0.1) is 30.7 Å². The summed E-state index contributed by atoms with van der Waals surface area (Å²) in [4.78, 5) is 14.7. The largest absolute Gasteiger partial charge is 0.378 e. The van der Waals surface area contributed by atoms with Crippen molar-refractivity contribution in [2.24, 2.45) is 7.05 Å². The third kappa shape index (κ3) is 3.05. The zero-order chi connectivity index (χ0) is 14.7. The van der Waals surface area contributed by atoms with Gasteiger partial charge in [0, 0.05) is 32.0 Å². The summed E-state index contributed by atoms with van der Waals surface area (Å²) in [5.41, 5.74) is 2.31. The second-order valence-electron chi connectivity index (χ2n) is 4.97. The van der Waals surface area contributed by atoms with Crippen LogP contribution in [0.2, 0.25) is 0 Å². The highest BCUT2D eigenvalue weighted by molar-refractivity contribution is 6.08. The lowest BCUT2D eigenvalue weighted by Gasteiger charge is -2.30. The number of aromatic nitrogens is 2. The van der Waals surface area contributed by atoms with Crippen molar-refractivity contribution in [1.82, 2.24) is 9.78 Å². The number of hydrogen-bond acceptors (Lipinski definition) is 4. The van der Waals surface area contributed by atoms with Crippen molar-refractivity contribution in [2.45, 2.75) is 0 Å². The maximum absolute atomic E-state index is 12.5. The molecule has 1 aliphatic heterocycles. The van der Waals surface area contributed by atoms with Crippen molar-refractivity contribution >= 4 is 17.3 Å². The van der Waals surface area contributed by atoms with E-state index in [1.54, 1.807) is 17.1 Å². The van der Waals surface area contributed by atoms with Crippen LogP contribution in [-0.4, -0.2) is 42.0 Å². The first-order valence-electron chi connectivity index (χ1n) is 6.96. The Bertz CT molecular complexity index is 632. The van der Waals surface area contributed by atoms with Crippen LogP contribution < -0.4 is 10.2 Å². The molecule has 1 saturated heterocycles. The molecule has 0 saturated carbocycles. The van der Waals surface area contributed by atoms with E-state index < -0.39 is 0 Å². The van der Waals surface area contributed by atoms with E-state index in [2.05, 4.69) is 15.3 Å². The predicted octanol–water partition coefficient (Wildman–Crippen LogP) is 1.51. The van der Waals surface area contributed by atoms with Gasteiger partial charge in [-0.05, 0) is 12.1 Å². The summed E-state index contributed by atoms with van der Waals surface area (Å²) in [6.45, 7) is 2.99. The lowest BCUT2D eigenvalue weighted by atomic mass is 10.1. The molecule has 1 N–H and O–H groups in total. The van der Waals surface area contributed by atoms with Gasteiger partial charge in [0.2, 0.25) is 0 Å². The molecule has 6 heteroatoms. The van der Waals surface area contributed by atoms with Gasteiger partial charge in [-0.2, -0.15) is 5.10 Å². The van der Waals surface area contributed by atoms with E-state index in [1.807, 2.05) is 31.3 Å². The molecule has 1 amide bonds. The lowest BCUT2D eigenvalue weighted by molar-refractivity contribution is 0.102. The topological polar surface area (TPSA) is 59.4 Å². The Morgan fingerprint density at radius 3 is 2.76 bits per heavy atom. The smallest absolute Gasteiger partial charge is 0.257 e. The van der Waals surface area contributed by atoms with Crippen LogP contribution in [0.5, 0.6) is 0 Å². The third-order valence-corrected chi connectivity index (χ3v) is 3.46. The van der Waals surface area contributed by atoms with E-state index in [4.69, 9.17) is 4.74 Å². The average Bonchev–Trinajstić information content (AvgIpc) is 2.93. The molecule has 0 radical (unpaired) electrons. The summed E-state index contributed by atoms with van der Waals surface area (Å²) in [5, 5.41) is 6.93. The molecule has 0 aliphatic carbocycles. The molecule has 0 atom stereocenters. The Kier molecular flexibility index (Phi) is 3.87. The van der Waals surface area contributed by atoms with Gasteiger partial charge in [-0.1, -0.05) is 12.1 Å². The number of morpholine rings is 1. The summed E-state index contributed by atoms with van der Waals surface area (Å²) in [7, 11) is 1.82. The molecule has 1 aliphatic rings. The second-order valence-corrected chi connectivity index (χ2v) is 4.97. The van der Waals surface area contributed by atoms with Crippen LogP contribution >= 0.6 is 0 Å². The summed E-state index contributed by atoms with van der Waals surface area (Å²) in [6, 6.07) is 7.65. The maximum Gasteiger partial charge on any atom is 0.257 e. The number of hydrogen-bond donors (Lipinski definition) is 1. The molecule has 21 heavy (non-hydrogen) atoms. The number of nitrogens with one attached hydrogen (secondary N) is 1. The van der Waals surface area contributed by atoms with Crippen molar-refractivity contribution in [3.8, 4) is 0 Å². The van der Waals surface area contributed by atoms with Gasteiger partial charge in [-0.3, -0.25) is 9.48 Å². The van der Waals surface area contributed by atoms with Crippen molar-refractivity contribution in [3.05, 3.63) is 42.2 Å². The number of anilines is 2. The van der Waals surface area contributed by atoms with E-state index in [9.17, 15) is 4.79 Å². The van der Waals surface area contributed by atoms with Crippen molar-refractivity contribution in [1.29, 1.82) is 0 Å². The fourth-order valence-electron chi connectivity index (χ4n) is 2.43. The monoisotopic (exact) mass is 286 g/mol. The molecule has 1 fully saturated rings. The van der Waals surface area contributed by atoms with E-state index >= 15 is 0 Å². The standard InChI is InChI=1S/C15H18N4O2/c1-18-11-12(10-16-18)17-15(20)13-4-2-3-5-14(13)19-6-8-21-9-7-19/h2-5,10-11H,6-9H2,1H3,(H,17,20). The molecule has 3 rings (SSSR count). The minimum Gasteiger partial charge on any atom is -0.378 e. The predicted molar refractivity (Wildman–Crippen MR) is 80.6 cm³/mol. The van der Waals surface area contributed by atoms with Gasteiger partial charge in [-0.15, -0.1) is 0 Å². The number of benzene rings is 1. The van der Waals surface area contributed by atoms with Crippen molar-refractivity contribution in [2.75, 3.05) is 36.5 Å². The van der Waals surface area contributed by atoms with Crippen LogP contribution in [0, 0.1) is 0 Å². The van der Waals surface area contributed by atoms with Gasteiger partial charge in [0.15, 0.2) is 0 Å². The van der Waals surface area contributed by atoms with Gasteiger partial charge >= 0.3 is 0 Å². The number of nitrogens with zero attached hydrogens (tertiary/aromatic N) is 3. The van der Waals surface area contributed by atoms with E-state index in [-0.39, 0.29) is 5.91 Å². The molecule has 110 valence electrons. The first kappa shape index (κ1) is 13.6. The highest BCUT2D eigenvalue weighted by Crippen LogP contribution is 2.22. The van der Waals surface area contributed by atoms with Crippen LogP contribution in [0.3, 0.4) is 0 Å². The number of aryl methyl sites for hydroxylation is 1. The fourth-order valence-corrected chi connectivity index (χ4v) is 2.43. The SMILES string of the molecule is Cn1cc(NC(=O)c2ccccc2N2CCOCC2)cn1. The molecule has 2 aromatic rings. The van der Waals surface area contributed by atoms with Gasteiger partial charge in [-0.25, -0.2) is 0 Å². The number of para-hydroxylation sites is 1. The van der Waals surface area contributed by atoms with Gasteiger partial charge in [0.1, 0.15) is 0 Å². The Hall–Kier alpha value is -2.34. The number of carbonyl (C=O) groups excluding carboxylic acids is 1. The molecule has 0 unspecified atom stereocenters. The molecule has 6 nitrogen and oxygen atoms in total. The van der Waals surface area contributed by atoms with Crippen LogP contribution in [0.4, 0.5) is 11.4 Å². The van der Waals surface area contributed by atoms with E-state index in [0.29, 0.717) is 24.5 Å². The molecular formula is C15H18N4O2. The molecule has 1 aromatic carbocycles. The van der Waals surface area contributed by atoms with Gasteiger partial charge in [0.25, 0.3) is 5.91 Å². The minimum absolute atomic E-state index is 0.120. The molecule has 0 spiro atoms. The molecule has 0 bridgehead atoms. The van der Waals surface area contributed by atoms with Crippen LogP contribution in [0.15, 0.2) is 36.7 Å². The minimum atomic E-state index is -0.120. The normalized spacial score (nSPS) is 15.0. The fraction of sp³-hybridized carbons (Fsp3) is 0.333. The van der Waals surface area contributed by atoms with Crippen molar-refractivity contribution < 1.29 is 9.53 Å². The first-order valence-corrected chi connectivity index (χ1v) is 6.96.